The maximum atomic E-state index is 6.12. The molecule has 2 aliphatic rings. The Bertz CT molecular complexity index is 468. The predicted molar refractivity (Wildman–Crippen MR) is 88.3 cm³/mol. The van der Waals surface area contributed by atoms with E-state index in [1.807, 2.05) is 24.3 Å². The minimum absolute atomic E-state index is 0.270. The van der Waals surface area contributed by atoms with Crippen molar-refractivity contribution in [3.05, 3.63) is 24.3 Å². The fourth-order valence-electron chi connectivity index (χ4n) is 3.18. The van der Waals surface area contributed by atoms with Crippen molar-refractivity contribution in [2.75, 3.05) is 46.6 Å². The van der Waals surface area contributed by atoms with Crippen molar-refractivity contribution in [1.29, 1.82) is 0 Å². The number of hydrogen-bond donors (Lipinski definition) is 0. The van der Waals surface area contributed by atoms with E-state index in [0.29, 0.717) is 0 Å². The SMILES string of the molecule is COc1ccccc1OC1CCN(CCC2COCCO2)CC1. The summed E-state index contributed by atoms with van der Waals surface area (Å²) in [6.07, 6.45) is 3.71. The lowest BCUT2D eigenvalue weighted by Gasteiger charge is -2.33. The normalized spacial score (nSPS) is 23.6. The highest BCUT2D eigenvalue weighted by atomic mass is 16.6. The highest BCUT2D eigenvalue weighted by molar-refractivity contribution is 5.39. The van der Waals surface area contributed by atoms with Crippen molar-refractivity contribution in [1.82, 2.24) is 4.90 Å². The van der Waals surface area contributed by atoms with Gasteiger partial charge in [0.05, 0.1) is 33.0 Å². The lowest BCUT2D eigenvalue weighted by molar-refractivity contribution is -0.0933. The molecule has 0 N–H and O–H groups in total. The van der Waals surface area contributed by atoms with Crippen LogP contribution in [0.4, 0.5) is 0 Å². The molecular weight excluding hydrogens is 294 g/mol. The van der Waals surface area contributed by atoms with Gasteiger partial charge < -0.3 is 23.8 Å². The van der Waals surface area contributed by atoms with E-state index in [-0.39, 0.29) is 12.2 Å². The summed E-state index contributed by atoms with van der Waals surface area (Å²) < 4.78 is 22.6. The summed E-state index contributed by atoms with van der Waals surface area (Å²) in [5.74, 6) is 1.66. The van der Waals surface area contributed by atoms with E-state index >= 15 is 0 Å². The summed E-state index contributed by atoms with van der Waals surface area (Å²) in [4.78, 5) is 2.50. The van der Waals surface area contributed by atoms with Crippen LogP contribution in [0.2, 0.25) is 0 Å². The minimum atomic E-state index is 0.270. The van der Waals surface area contributed by atoms with Gasteiger partial charge in [0.25, 0.3) is 0 Å². The topological polar surface area (TPSA) is 40.2 Å². The van der Waals surface area contributed by atoms with Gasteiger partial charge in [0.2, 0.25) is 0 Å². The number of rotatable bonds is 6. The highest BCUT2D eigenvalue weighted by Gasteiger charge is 2.23. The number of piperidine rings is 1. The molecule has 0 saturated carbocycles. The van der Waals surface area contributed by atoms with Gasteiger partial charge in [0.15, 0.2) is 11.5 Å². The molecule has 0 aliphatic carbocycles. The molecule has 128 valence electrons. The van der Waals surface area contributed by atoms with Crippen LogP contribution in [0.3, 0.4) is 0 Å². The molecular formula is C18H27NO4. The van der Waals surface area contributed by atoms with Crippen LogP contribution in [-0.2, 0) is 9.47 Å². The molecule has 2 aliphatic heterocycles. The third-order valence-corrected chi connectivity index (χ3v) is 4.55. The second-order valence-electron chi connectivity index (χ2n) is 6.17. The van der Waals surface area contributed by atoms with Gasteiger partial charge in [-0.2, -0.15) is 0 Å². The molecule has 5 heteroatoms. The molecule has 23 heavy (non-hydrogen) atoms. The second-order valence-corrected chi connectivity index (χ2v) is 6.17. The molecule has 1 unspecified atom stereocenters. The molecule has 2 fully saturated rings. The second kappa shape index (κ2) is 8.52. The molecule has 0 radical (unpaired) electrons. The van der Waals surface area contributed by atoms with Crippen LogP contribution >= 0.6 is 0 Å². The zero-order valence-electron chi connectivity index (χ0n) is 13.9. The summed E-state index contributed by atoms with van der Waals surface area (Å²) in [7, 11) is 1.68. The zero-order chi connectivity index (χ0) is 15.9. The van der Waals surface area contributed by atoms with E-state index in [1.165, 1.54) is 0 Å². The van der Waals surface area contributed by atoms with Crippen molar-refractivity contribution in [3.63, 3.8) is 0 Å². The number of nitrogens with zero attached hydrogens (tertiary/aromatic N) is 1. The van der Waals surface area contributed by atoms with Gasteiger partial charge in [0.1, 0.15) is 6.10 Å². The first kappa shape index (κ1) is 16.6. The lowest BCUT2D eigenvalue weighted by atomic mass is 10.1. The van der Waals surface area contributed by atoms with E-state index in [9.17, 15) is 0 Å². The average Bonchev–Trinajstić information content (AvgIpc) is 2.62. The summed E-state index contributed by atoms with van der Waals surface area (Å²) >= 11 is 0. The zero-order valence-corrected chi connectivity index (χ0v) is 13.9. The predicted octanol–water partition coefficient (Wildman–Crippen LogP) is 2.34. The molecule has 0 aromatic heterocycles. The summed E-state index contributed by atoms with van der Waals surface area (Å²) in [5.41, 5.74) is 0. The smallest absolute Gasteiger partial charge is 0.161 e. The first-order valence-electron chi connectivity index (χ1n) is 8.56. The Kier molecular flexibility index (Phi) is 6.13. The molecule has 0 amide bonds. The van der Waals surface area contributed by atoms with Gasteiger partial charge in [-0.05, 0) is 31.4 Å². The van der Waals surface area contributed by atoms with Gasteiger partial charge in [-0.3, -0.25) is 0 Å². The Hall–Kier alpha value is -1.30. The van der Waals surface area contributed by atoms with Crippen LogP contribution < -0.4 is 9.47 Å². The van der Waals surface area contributed by atoms with Crippen LogP contribution in [-0.4, -0.2) is 63.7 Å². The first-order chi connectivity index (χ1) is 11.3. The van der Waals surface area contributed by atoms with E-state index in [1.54, 1.807) is 7.11 Å². The van der Waals surface area contributed by atoms with Gasteiger partial charge in [-0.15, -0.1) is 0 Å². The third kappa shape index (κ3) is 4.83. The van der Waals surface area contributed by atoms with Gasteiger partial charge >= 0.3 is 0 Å². The molecule has 1 aromatic carbocycles. The van der Waals surface area contributed by atoms with Gasteiger partial charge in [-0.25, -0.2) is 0 Å². The summed E-state index contributed by atoms with van der Waals surface area (Å²) in [6, 6.07) is 7.87. The van der Waals surface area contributed by atoms with Crippen molar-refractivity contribution in [2.45, 2.75) is 31.5 Å². The molecule has 1 aromatic rings. The van der Waals surface area contributed by atoms with Gasteiger partial charge in [-0.1, -0.05) is 12.1 Å². The molecule has 0 spiro atoms. The number of likely N-dealkylation sites (tertiary alicyclic amines) is 1. The molecule has 2 saturated heterocycles. The van der Waals surface area contributed by atoms with E-state index < -0.39 is 0 Å². The Morgan fingerprint density at radius 1 is 1.13 bits per heavy atom. The Morgan fingerprint density at radius 3 is 2.61 bits per heavy atom. The van der Waals surface area contributed by atoms with E-state index in [0.717, 1.165) is 70.2 Å². The summed E-state index contributed by atoms with van der Waals surface area (Å²) in [6.45, 7) is 5.45. The van der Waals surface area contributed by atoms with Crippen molar-refractivity contribution in [3.8, 4) is 11.5 Å². The highest BCUT2D eigenvalue weighted by Crippen LogP contribution is 2.29. The van der Waals surface area contributed by atoms with E-state index in [2.05, 4.69) is 4.90 Å². The minimum Gasteiger partial charge on any atom is -0.493 e. The number of benzene rings is 1. The maximum Gasteiger partial charge on any atom is 0.161 e. The third-order valence-electron chi connectivity index (χ3n) is 4.55. The Labute approximate surface area is 138 Å². The molecule has 1 atom stereocenters. The van der Waals surface area contributed by atoms with E-state index in [4.69, 9.17) is 18.9 Å². The monoisotopic (exact) mass is 321 g/mol. The molecule has 5 nitrogen and oxygen atoms in total. The van der Waals surface area contributed by atoms with Crippen molar-refractivity contribution < 1.29 is 18.9 Å². The largest absolute Gasteiger partial charge is 0.493 e. The number of methoxy groups -OCH3 is 1. The van der Waals surface area contributed by atoms with Crippen LogP contribution in [0, 0.1) is 0 Å². The average molecular weight is 321 g/mol. The summed E-state index contributed by atoms with van der Waals surface area (Å²) in [5, 5.41) is 0. The molecule has 2 heterocycles. The van der Waals surface area contributed by atoms with Crippen molar-refractivity contribution >= 4 is 0 Å². The van der Waals surface area contributed by atoms with Crippen LogP contribution in [0.1, 0.15) is 19.3 Å². The molecule has 0 bridgehead atoms. The van der Waals surface area contributed by atoms with Crippen molar-refractivity contribution in [2.24, 2.45) is 0 Å². The van der Waals surface area contributed by atoms with Crippen LogP contribution in [0.15, 0.2) is 24.3 Å². The standard InChI is InChI=1S/C18H27NO4/c1-20-17-4-2-3-5-18(17)23-15-6-9-19(10-7-15)11-8-16-14-21-12-13-22-16/h2-5,15-16H,6-14H2,1H3. The Balaban J connectivity index is 1.39. The fourth-order valence-corrected chi connectivity index (χ4v) is 3.18. The quantitative estimate of drug-likeness (QED) is 0.804. The fraction of sp³-hybridized carbons (Fsp3) is 0.667. The van der Waals surface area contributed by atoms with Crippen LogP contribution in [0.5, 0.6) is 11.5 Å². The first-order valence-corrected chi connectivity index (χ1v) is 8.56. The number of hydrogen-bond acceptors (Lipinski definition) is 5. The van der Waals surface area contributed by atoms with Gasteiger partial charge in [0, 0.05) is 19.6 Å². The maximum absolute atomic E-state index is 6.12. The molecule has 3 rings (SSSR count). The Morgan fingerprint density at radius 2 is 1.91 bits per heavy atom. The number of ether oxygens (including phenoxy) is 4. The lowest BCUT2D eigenvalue weighted by Crippen LogP contribution is -2.40. The number of para-hydroxylation sites is 2. The van der Waals surface area contributed by atoms with Crippen LogP contribution in [0.25, 0.3) is 0 Å².